The van der Waals surface area contributed by atoms with Gasteiger partial charge in [-0.1, -0.05) is 35.7 Å². The van der Waals surface area contributed by atoms with Gasteiger partial charge in [0.2, 0.25) is 11.8 Å². The molecule has 0 radical (unpaired) electrons. The summed E-state index contributed by atoms with van der Waals surface area (Å²) in [6.07, 6.45) is 5.77. The lowest BCUT2D eigenvalue weighted by molar-refractivity contribution is -0.121. The molecule has 3 rings (SSSR count). The molecule has 0 spiro atoms. The fourth-order valence-electron chi connectivity index (χ4n) is 4.29. The first-order valence-corrected chi connectivity index (χ1v) is 13.6. The van der Waals surface area contributed by atoms with Crippen molar-refractivity contribution in [2.75, 3.05) is 43.4 Å². The third-order valence-electron chi connectivity index (χ3n) is 5.98. The van der Waals surface area contributed by atoms with Gasteiger partial charge in [-0.25, -0.2) is 8.42 Å². The second kappa shape index (κ2) is 10.9. The van der Waals surface area contributed by atoms with Crippen molar-refractivity contribution < 1.29 is 18.0 Å². The normalized spacial score (nSPS) is 17.3. The number of carbonyl (C=O) groups is 2. The first kappa shape index (κ1) is 24.2. The minimum Gasteiger partial charge on any atom is -0.355 e. The van der Waals surface area contributed by atoms with E-state index in [0.29, 0.717) is 36.1 Å². The van der Waals surface area contributed by atoms with Crippen LogP contribution in [-0.4, -0.2) is 63.6 Å². The van der Waals surface area contributed by atoms with Gasteiger partial charge in [-0.05, 0) is 50.0 Å². The predicted octanol–water partition coefficient (Wildman–Crippen LogP) is 2.90. The van der Waals surface area contributed by atoms with E-state index in [2.05, 4.69) is 26.1 Å². The molecule has 2 aliphatic heterocycles. The minimum atomic E-state index is -3.72. The molecule has 1 aromatic rings. The maximum absolute atomic E-state index is 13.1. The fourth-order valence-corrected chi connectivity index (χ4v) is 6.46. The molecule has 0 atom stereocenters. The largest absolute Gasteiger partial charge is 0.355 e. The van der Waals surface area contributed by atoms with Crippen LogP contribution < -0.4 is 10.2 Å². The number of fused-ring (bicyclic) bond motifs is 1. The van der Waals surface area contributed by atoms with Crippen LogP contribution in [0.5, 0.6) is 0 Å². The fraction of sp³-hybridized carbons (Fsp3) is 0.636. The molecule has 1 aromatic carbocycles. The number of nitrogens with zero attached hydrogens (tertiary/aromatic N) is 2. The van der Waals surface area contributed by atoms with E-state index in [1.807, 2.05) is 6.07 Å². The Balaban J connectivity index is 1.61. The Bertz CT molecular complexity index is 912. The van der Waals surface area contributed by atoms with Gasteiger partial charge >= 0.3 is 0 Å². The zero-order valence-electron chi connectivity index (χ0n) is 18.2. The van der Waals surface area contributed by atoms with Crippen LogP contribution in [-0.2, 0) is 25.8 Å². The van der Waals surface area contributed by atoms with E-state index in [1.165, 1.54) is 25.7 Å². The SMILES string of the molecule is CCC(=O)N1CCc2cc(Br)cc(S(=O)(=O)CCC(=O)NCCN3CCCCCC3)c21. The van der Waals surface area contributed by atoms with Crippen LogP contribution >= 0.6 is 15.9 Å². The van der Waals surface area contributed by atoms with Gasteiger partial charge in [0.1, 0.15) is 0 Å². The van der Waals surface area contributed by atoms with Crippen molar-refractivity contribution in [2.24, 2.45) is 0 Å². The Kier molecular flexibility index (Phi) is 8.52. The summed E-state index contributed by atoms with van der Waals surface area (Å²) in [4.78, 5) is 28.7. The summed E-state index contributed by atoms with van der Waals surface area (Å²) in [6.45, 7) is 5.70. The average molecular weight is 514 g/mol. The summed E-state index contributed by atoms with van der Waals surface area (Å²) in [5.41, 5.74) is 1.33. The number of sulfone groups is 1. The highest BCUT2D eigenvalue weighted by Crippen LogP contribution is 2.38. The highest BCUT2D eigenvalue weighted by Gasteiger charge is 2.32. The lowest BCUT2D eigenvalue weighted by Crippen LogP contribution is -2.36. The summed E-state index contributed by atoms with van der Waals surface area (Å²) in [6, 6.07) is 3.42. The molecule has 0 aliphatic carbocycles. The van der Waals surface area contributed by atoms with Gasteiger partial charge in [-0.3, -0.25) is 9.59 Å². The molecular weight excluding hydrogens is 482 g/mol. The highest BCUT2D eigenvalue weighted by molar-refractivity contribution is 9.10. The number of hydrogen-bond donors (Lipinski definition) is 1. The van der Waals surface area contributed by atoms with Crippen molar-refractivity contribution >= 4 is 43.3 Å². The van der Waals surface area contributed by atoms with Gasteiger partial charge in [-0.15, -0.1) is 0 Å². The Morgan fingerprint density at radius 1 is 1.10 bits per heavy atom. The van der Waals surface area contributed by atoms with E-state index in [4.69, 9.17) is 0 Å². The second-order valence-electron chi connectivity index (χ2n) is 8.24. The molecule has 1 N–H and O–H groups in total. The van der Waals surface area contributed by atoms with Gasteiger partial charge in [-0.2, -0.15) is 0 Å². The van der Waals surface area contributed by atoms with Crippen molar-refractivity contribution in [1.82, 2.24) is 10.2 Å². The van der Waals surface area contributed by atoms with Crippen LogP contribution in [0.1, 0.15) is 51.0 Å². The first-order valence-electron chi connectivity index (χ1n) is 11.2. The Morgan fingerprint density at radius 3 is 2.48 bits per heavy atom. The molecule has 7 nitrogen and oxygen atoms in total. The summed E-state index contributed by atoms with van der Waals surface area (Å²) >= 11 is 3.39. The zero-order chi connectivity index (χ0) is 22.4. The standard InChI is InChI=1S/C22H32BrN3O4S/c1-2-21(28)26-12-7-17-15-18(23)16-19(22(17)26)31(29,30)14-8-20(27)24-9-13-25-10-5-3-4-6-11-25/h15-16H,2-14H2,1H3,(H,24,27). The van der Waals surface area contributed by atoms with Crippen LogP contribution in [0.3, 0.4) is 0 Å². The summed E-state index contributed by atoms with van der Waals surface area (Å²) in [7, 11) is -3.72. The molecule has 172 valence electrons. The van der Waals surface area contributed by atoms with Crippen LogP contribution in [0.4, 0.5) is 5.69 Å². The van der Waals surface area contributed by atoms with Crippen LogP contribution in [0.15, 0.2) is 21.5 Å². The molecule has 31 heavy (non-hydrogen) atoms. The van der Waals surface area contributed by atoms with E-state index in [-0.39, 0.29) is 28.9 Å². The van der Waals surface area contributed by atoms with Crippen LogP contribution in [0, 0.1) is 0 Å². The van der Waals surface area contributed by atoms with Crippen molar-refractivity contribution in [2.45, 2.75) is 56.8 Å². The van der Waals surface area contributed by atoms with E-state index in [1.54, 1.807) is 17.9 Å². The van der Waals surface area contributed by atoms with Crippen molar-refractivity contribution in [1.29, 1.82) is 0 Å². The van der Waals surface area contributed by atoms with Crippen molar-refractivity contribution in [3.63, 3.8) is 0 Å². The number of benzene rings is 1. The zero-order valence-corrected chi connectivity index (χ0v) is 20.6. The Morgan fingerprint density at radius 2 is 1.81 bits per heavy atom. The third kappa shape index (κ3) is 6.29. The number of nitrogens with one attached hydrogen (secondary N) is 1. The van der Waals surface area contributed by atoms with Gasteiger partial charge in [0.05, 0.1) is 16.3 Å². The van der Waals surface area contributed by atoms with Gasteiger partial charge < -0.3 is 15.1 Å². The number of halogens is 1. The molecule has 0 aromatic heterocycles. The maximum atomic E-state index is 13.1. The smallest absolute Gasteiger partial charge is 0.226 e. The minimum absolute atomic E-state index is 0.0919. The summed E-state index contributed by atoms with van der Waals surface area (Å²) in [5, 5.41) is 2.86. The Labute approximate surface area is 193 Å². The number of carbonyl (C=O) groups excluding carboxylic acids is 2. The highest BCUT2D eigenvalue weighted by atomic mass is 79.9. The quantitative estimate of drug-likeness (QED) is 0.577. The van der Waals surface area contributed by atoms with Crippen LogP contribution in [0.2, 0.25) is 0 Å². The lowest BCUT2D eigenvalue weighted by atomic mass is 10.2. The number of amides is 2. The number of anilines is 1. The predicted molar refractivity (Wildman–Crippen MR) is 125 cm³/mol. The summed E-state index contributed by atoms with van der Waals surface area (Å²) < 4.78 is 26.9. The average Bonchev–Trinajstić information content (AvgIpc) is 2.98. The molecule has 2 amide bonds. The van der Waals surface area contributed by atoms with E-state index >= 15 is 0 Å². The Hall–Kier alpha value is -1.45. The first-order chi connectivity index (χ1) is 14.8. The third-order valence-corrected chi connectivity index (χ3v) is 8.16. The summed E-state index contributed by atoms with van der Waals surface area (Å²) in [5.74, 6) is -0.630. The van der Waals surface area contributed by atoms with E-state index in [0.717, 1.165) is 25.2 Å². The van der Waals surface area contributed by atoms with Gasteiger partial charge in [0.15, 0.2) is 9.84 Å². The number of rotatable bonds is 8. The van der Waals surface area contributed by atoms with Crippen molar-refractivity contribution in [3.8, 4) is 0 Å². The molecule has 0 bridgehead atoms. The van der Waals surface area contributed by atoms with E-state index in [9.17, 15) is 18.0 Å². The maximum Gasteiger partial charge on any atom is 0.226 e. The molecular formula is C22H32BrN3O4S. The van der Waals surface area contributed by atoms with Gasteiger partial charge in [0.25, 0.3) is 0 Å². The number of likely N-dealkylation sites (tertiary alicyclic amines) is 1. The topological polar surface area (TPSA) is 86.8 Å². The second-order valence-corrected chi connectivity index (χ2v) is 11.2. The molecule has 2 heterocycles. The molecule has 2 aliphatic rings. The monoisotopic (exact) mass is 513 g/mol. The lowest BCUT2D eigenvalue weighted by Gasteiger charge is -2.20. The van der Waals surface area contributed by atoms with Crippen LogP contribution in [0.25, 0.3) is 0 Å². The van der Waals surface area contributed by atoms with E-state index < -0.39 is 9.84 Å². The van der Waals surface area contributed by atoms with Gasteiger partial charge in [0, 0.05) is 36.9 Å². The molecule has 1 saturated heterocycles. The molecule has 9 heteroatoms. The molecule has 1 fully saturated rings. The number of hydrogen-bond acceptors (Lipinski definition) is 5. The molecule has 0 saturated carbocycles. The van der Waals surface area contributed by atoms with Crippen molar-refractivity contribution in [3.05, 3.63) is 22.2 Å². The molecule has 0 unspecified atom stereocenters.